The molecule has 1 rings (SSSR count). The van der Waals surface area contributed by atoms with Crippen LogP contribution in [0.5, 0.6) is 0 Å². The van der Waals surface area contributed by atoms with E-state index in [1.807, 2.05) is 13.8 Å². The van der Waals surface area contributed by atoms with Crippen molar-refractivity contribution in [1.29, 1.82) is 0 Å². The highest BCUT2D eigenvalue weighted by Gasteiger charge is 2.18. The van der Waals surface area contributed by atoms with Crippen LogP contribution in [0.25, 0.3) is 0 Å². The van der Waals surface area contributed by atoms with Crippen molar-refractivity contribution in [2.24, 2.45) is 0 Å². The number of aromatic nitrogens is 2. The highest BCUT2D eigenvalue weighted by Crippen LogP contribution is 2.11. The fourth-order valence-corrected chi connectivity index (χ4v) is 1.60. The molecule has 96 valence electrons. The van der Waals surface area contributed by atoms with Crippen LogP contribution in [-0.4, -0.2) is 35.4 Å². The minimum Gasteiger partial charge on any atom is -0.396 e. The van der Waals surface area contributed by atoms with Crippen LogP contribution in [0.15, 0.2) is 6.20 Å². The second-order valence-corrected chi connectivity index (χ2v) is 3.80. The molecule has 1 heterocycles. The Morgan fingerprint density at radius 3 is 2.88 bits per heavy atom. The minimum atomic E-state index is -0.203. The summed E-state index contributed by atoms with van der Waals surface area (Å²) < 4.78 is 6.62. The lowest BCUT2D eigenvalue weighted by Crippen LogP contribution is -2.38. The van der Waals surface area contributed by atoms with Crippen LogP contribution in [-0.2, 0) is 11.3 Å². The lowest BCUT2D eigenvalue weighted by atomic mass is 10.2. The Bertz CT molecular complexity index is 376. The van der Waals surface area contributed by atoms with Gasteiger partial charge in [-0.1, -0.05) is 6.92 Å². The molecule has 1 aromatic rings. The number of carbonyl (C=O) groups excluding carboxylic acids is 1. The summed E-state index contributed by atoms with van der Waals surface area (Å²) in [7, 11) is 1.61. The van der Waals surface area contributed by atoms with Gasteiger partial charge in [0.25, 0.3) is 5.91 Å². The SMILES string of the molecule is CCC(COC)NC(=O)c1c(N)cnn1CC. The molecular weight excluding hydrogens is 220 g/mol. The smallest absolute Gasteiger partial charge is 0.271 e. The van der Waals surface area contributed by atoms with Crippen LogP contribution in [0.1, 0.15) is 30.8 Å². The predicted octanol–water partition coefficient (Wildman–Crippen LogP) is 0.640. The fraction of sp³-hybridized carbons (Fsp3) is 0.636. The van der Waals surface area contributed by atoms with Gasteiger partial charge < -0.3 is 15.8 Å². The maximum absolute atomic E-state index is 12.0. The molecule has 0 bridgehead atoms. The number of nitrogen functional groups attached to an aromatic ring is 1. The molecule has 0 fully saturated rings. The average molecular weight is 240 g/mol. The Morgan fingerprint density at radius 1 is 1.65 bits per heavy atom. The summed E-state index contributed by atoms with van der Waals surface area (Å²) in [5.74, 6) is -0.203. The number of ether oxygens (including phenoxy) is 1. The molecule has 0 aromatic carbocycles. The first kappa shape index (κ1) is 13.5. The molecule has 6 nitrogen and oxygen atoms in total. The number of rotatable bonds is 6. The molecule has 1 amide bonds. The topological polar surface area (TPSA) is 82.2 Å². The van der Waals surface area contributed by atoms with E-state index in [1.165, 1.54) is 6.20 Å². The zero-order chi connectivity index (χ0) is 12.8. The first-order chi connectivity index (χ1) is 8.13. The number of anilines is 1. The van der Waals surface area contributed by atoms with Crippen molar-refractivity contribution in [3.8, 4) is 0 Å². The summed E-state index contributed by atoms with van der Waals surface area (Å²) in [6, 6.07) is -0.00731. The number of carbonyl (C=O) groups is 1. The van der Waals surface area contributed by atoms with Crippen molar-refractivity contribution in [2.75, 3.05) is 19.5 Å². The van der Waals surface area contributed by atoms with E-state index in [9.17, 15) is 4.79 Å². The van der Waals surface area contributed by atoms with E-state index in [2.05, 4.69) is 10.4 Å². The van der Waals surface area contributed by atoms with Crippen molar-refractivity contribution < 1.29 is 9.53 Å². The first-order valence-corrected chi connectivity index (χ1v) is 5.75. The Balaban J connectivity index is 2.78. The van der Waals surface area contributed by atoms with Gasteiger partial charge in [0.1, 0.15) is 5.69 Å². The lowest BCUT2D eigenvalue weighted by Gasteiger charge is -2.16. The fourth-order valence-electron chi connectivity index (χ4n) is 1.60. The van der Waals surface area contributed by atoms with Crippen LogP contribution < -0.4 is 11.1 Å². The van der Waals surface area contributed by atoms with Gasteiger partial charge in [0.2, 0.25) is 0 Å². The molecule has 0 spiro atoms. The summed E-state index contributed by atoms with van der Waals surface area (Å²) in [5, 5.41) is 6.91. The number of amides is 1. The number of aryl methyl sites for hydroxylation is 1. The molecule has 0 saturated heterocycles. The number of nitrogens with zero attached hydrogens (tertiary/aromatic N) is 2. The third kappa shape index (κ3) is 3.20. The monoisotopic (exact) mass is 240 g/mol. The lowest BCUT2D eigenvalue weighted by molar-refractivity contribution is 0.0885. The van der Waals surface area contributed by atoms with Gasteiger partial charge >= 0.3 is 0 Å². The molecule has 1 atom stereocenters. The van der Waals surface area contributed by atoms with Gasteiger partial charge in [0, 0.05) is 13.7 Å². The van der Waals surface area contributed by atoms with Gasteiger partial charge in [-0.3, -0.25) is 9.48 Å². The second-order valence-electron chi connectivity index (χ2n) is 3.80. The Kier molecular flexibility index (Phi) is 4.96. The van der Waals surface area contributed by atoms with Crippen LogP contribution in [0.3, 0.4) is 0 Å². The minimum absolute atomic E-state index is 0.00731. The molecular formula is C11H20N4O2. The molecule has 0 aliphatic carbocycles. The quantitative estimate of drug-likeness (QED) is 0.764. The number of nitrogens with two attached hydrogens (primary N) is 1. The molecule has 0 aliphatic heterocycles. The van der Waals surface area contributed by atoms with E-state index in [4.69, 9.17) is 10.5 Å². The molecule has 1 aromatic heterocycles. The summed E-state index contributed by atoms with van der Waals surface area (Å²) in [6.45, 7) is 5.00. The number of hydrogen-bond donors (Lipinski definition) is 2. The Hall–Kier alpha value is -1.56. The zero-order valence-corrected chi connectivity index (χ0v) is 10.6. The maximum Gasteiger partial charge on any atom is 0.271 e. The number of methoxy groups -OCH3 is 1. The van der Waals surface area contributed by atoms with E-state index < -0.39 is 0 Å². The highest BCUT2D eigenvalue weighted by molar-refractivity contribution is 5.97. The standard InChI is InChI=1S/C11H20N4O2/c1-4-8(7-17-3)14-11(16)10-9(12)6-13-15(10)5-2/h6,8H,4-5,7,12H2,1-3H3,(H,14,16). The van der Waals surface area contributed by atoms with Crippen molar-refractivity contribution >= 4 is 11.6 Å². The zero-order valence-electron chi connectivity index (χ0n) is 10.6. The third-order valence-corrected chi connectivity index (χ3v) is 2.58. The van der Waals surface area contributed by atoms with Gasteiger partial charge in [-0.15, -0.1) is 0 Å². The molecule has 0 radical (unpaired) electrons. The van der Waals surface area contributed by atoms with Gasteiger partial charge in [0.05, 0.1) is 24.5 Å². The van der Waals surface area contributed by atoms with Gasteiger partial charge in [-0.05, 0) is 13.3 Å². The second kappa shape index (κ2) is 6.24. The molecule has 0 saturated carbocycles. The molecule has 6 heteroatoms. The predicted molar refractivity (Wildman–Crippen MR) is 65.7 cm³/mol. The molecule has 3 N–H and O–H groups in total. The van der Waals surface area contributed by atoms with E-state index in [0.29, 0.717) is 24.5 Å². The van der Waals surface area contributed by atoms with Crippen molar-refractivity contribution in [1.82, 2.24) is 15.1 Å². The summed E-state index contributed by atoms with van der Waals surface area (Å²) in [4.78, 5) is 12.0. The van der Waals surface area contributed by atoms with Gasteiger partial charge in [-0.25, -0.2) is 0 Å². The number of nitrogens with one attached hydrogen (secondary N) is 1. The molecule has 0 aliphatic rings. The number of hydrogen-bond acceptors (Lipinski definition) is 4. The van der Waals surface area contributed by atoms with E-state index >= 15 is 0 Å². The largest absolute Gasteiger partial charge is 0.396 e. The average Bonchev–Trinajstić information content (AvgIpc) is 2.69. The van der Waals surface area contributed by atoms with Gasteiger partial charge in [-0.2, -0.15) is 5.10 Å². The first-order valence-electron chi connectivity index (χ1n) is 5.75. The highest BCUT2D eigenvalue weighted by atomic mass is 16.5. The van der Waals surface area contributed by atoms with Crippen LogP contribution in [0.2, 0.25) is 0 Å². The van der Waals surface area contributed by atoms with Gasteiger partial charge in [0.15, 0.2) is 0 Å². The van der Waals surface area contributed by atoms with E-state index in [1.54, 1.807) is 11.8 Å². The van der Waals surface area contributed by atoms with E-state index in [-0.39, 0.29) is 11.9 Å². The Labute approximate surface area is 101 Å². The molecule has 17 heavy (non-hydrogen) atoms. The third-order valence-electron chi connectivity index (χ3n) is 2.58. The van der Waals surface area contributed by atoms with Crippen molar-refractivity contribution in [3.05, 3.63) is 11.9 Å². The van der Waals surface area contributed by atoms with Crippen LogP contribution >= 0.6 is 0 Å². The molecule has 1 unspecified atom stereocenters. The maximum atomic E-state index is 12.0. The van der Waals surface area contributed by atoms with Crippen LogP contribution in [0.4, 0.5) is 5.69 Å². The summed E-state index contributed by atoms with van der Waals surface area (Å²) >= 11 is 0. The summed E-state index contributed by atoms with van der Waals surface area (Å²) in [5.41, 5.74) is 6.55. The Morgan fingerprint density at radius 2 is 2.35 bits per heavy atom. The van der Waals surface area contributed by atoms with E-state index in [0.717, 1.165) is 6.42 Å². The summed E-state index contributed by atoms with van der Waals surface area (Å²) in [6.07, 6.45) is 2.30. The van der Waals surface area contributed by atoms with Crippen LogP contribution in [0, 0.1) is 0 Å². The van der Waals surface area contributed by atoms with Crippen molar-refractivity contribution in [2.45, 2.75) is 32.9 Å². The van der Waals surface area contributed by atoms with Crippen molar-refractivity contribution in [3.63, 3.8) is 0 Å². The normalized spacial score (nSPS) is 12.4.